The fraction of sp³-hybridized carbons (Fsp3) is 0.267. The zero-order valence-corrected chi connectivity index (χ0v) is 20.9. The van der Waals surface area contributed by atoms with Gasteiger partial charge >= 0.3 is 0 Å². The first-order chi connectivity index (χ1) is 18.2. The lowest BCUT2D eigenvalue weighted by Gasteiger charge is -2.26. The number of benzene rings is 3. The molecule has 3 aromatic carbocycles. The number of fused-ring (bicyclic) bond motifs is 6. The average Bonchev–Trinajstić information content (AvgIpc) is 3.44. The second-order valence-electron chi connectivity index (χ2n) is 10.1. The quantitative estimate of drug-likeness (QED) is 0.319. The van der Waals surface area contributed by atoms with Gasteiger partial charge in [0.15, 0.2) is 5.78 Å². The molecule has 3 atom stereocenters. The number of ether oxygens (including phenoxy) is 2. The Balaban J connectivity index is 1.40. The van der Waals surface area contributed by atoms with E-state index in [1.807, 2.05) is 24.3 Å². The molecule has 2 bridgehead atoms. The standard InChI is InChI=1S/C30H26N2O6/c1-17(33)18-7-10-20(11-8-18)37-14-13-30-15-24(34)29(2,38-30)25-26(30)28(36)32(27(25)35)23-12-9-19(16-31)21-5-3-4-6-22(21)23/h3-12,24,34-36H,13-15H2,1-2H3/t24?,29-,30+/m1/s1. The fourth-order valence-corrected chi connectivity index (χ4v) is 6.04. The van der Waals surface area contributed by atoms with E-state index >= 15 is 0 Å². The van der Waals surface area contributed by atoms with Crippen LogP contribution in [0.4, 0.5) is 0 Å². The molecule has 0 spiro atoms. The van der Waals surface area contributed by atoms with Gasteiger partial charge in [0.1, 0.15) is 17.0 Å². The molecule has 0 radical (unpaired) electrons. The maximum Gasteiger partial charge on any atom is 0.205 e. The van der Waals surface area contributed by atoms with Crippen LogP contribution in [0.15, 0.2) is 60.7 Å². The lowest BCUT2D eigenvalue weighted by Crippen LogP contribution is -2.33. The fourth-order valence-electron chi connectivity index (χ4n) is 6.04. The monoisotopic (exact) mass is 510 g/mol. The maximum absolute atomic E-state index is 11.6. The number of ketones is 1. The van der Waals surface area contributed by atoms with Gasteiger partial charge in [-0.3, -0.25) is 9.36 Å². The van der Waals surface area contributed by atoms with Gasteiger partial charge in [-0.2, -0.15) is 5.26 Å². The SMILES string of the molecule is CC(=O)c1ccc(OCC[C@@]23CC(O)[C@@](C)(O2)c2c3c(O)n(-c3ccc(C#N)c4ccccc34)c2O)cc1. The molecule has 3 N–H and O–H groups in total. The number of carbonyl (C=O) groups excluding carboxylic acids is 1. The van der Waals surface area contributed by atoms with Gasteiger partial charge < -0.3 is 24.8 Å². The van der Waals surface area contributed by atoms with Crippen LogP contribution in [0.2, 0.25) is 0 Å². The third kappa shape index (κ3) is 3.26. The van der Waals surface area contributed by atoms with Crippen LogP contribution in [-0.4, -0.2) is 38.4 Å². The average molecular weight is 511 g/mol. The van der Waals surface area contributed by atoms with Crippen molar-refractivity contribution in [1.29, 1.82) is 5.26 Å². The number of aromatic hydroxyl groups is 2. The number of hydrogen-bond acceptors (Lipinski definition) is 7. The van der Waals surface area contributed by atoms with Crippen LogP contribution in [0.5, 0.6) is 17.5 Å². The Morgan fingerprint density at radius 3 is 2.45 bits per heavy atom. The number of nitrogens with zero attached hydrogens (tertiary/aromatic N) is 2. The van der Waals surface area contributed by atoms with E-state index in [1.165, 1.54) is 11.5 Å². The first-order valence-corrected chi connectivity index (χ1v) is 12.4. The molecule has 8 heteroatoms. The summed E-state index contributed by atoms with van der Waals surface area (Å²) in [5, 5.41) is 44.9. The highest BCUT2D eigenvalue weighted by molar-refractivity contribution is 5.95. The van der Waals surface area contributed by atoms with Gasteiger partial charge in [-0.1, -0.05) is 24.3 Å². The topological polar surface area (TPSA) is 125 Å². The van der Waals surface area contributed by atoms with Crippen molar-refractivity contribution in [2.45, 2.75) is 44.0 Å². The lowest BCUT2D eigenvalue weighted by molar-refractivity contribution is -0.107. The summed E-state index contributed by atoms with van der Waals surface area (Å²) in [6.07, 6.45) is -0.357. The van der Waals surface area contributed by atoms with E-state index in [-0.39, 0.29) is 30.6 Å². The second kappa shape index (κ2) is 8.35. The second-order valence-corrected chi connectivity index (χ2v) is 10.1. The minimum atomic E-state index is -1.21. The van der Waals surface area contributed by atoms with Crippen LogP contribution in [0.3, 0.4) is 0 Å². The molecule has 6 rings (SSSR count). The van der Waals surface area contributed by atoms with Gasteiger partial charge in [-0.15, -0.1) is 0 Å². The van der Waals surface area contributed by atoms with Crippen LogP contribution < -0.4 is 4.74 Å². The molecule has 192 valence electrons. The van der Waals surface area contributed by atoms with Crippen molar-refractivity contribution in [2.24, 2.45) is 0 Å². The van der Waals surface area contributed by atoms with Gasteiger partial charge in [0.25, 0.3) is 0 Å². The van der Waals surface area contributed by atoms with E-state index in [1.54, 1.807) is 43.3 Å². The van der Waals surface area contributed by atoms with E-state index in [9.17, 15) is 25.4 Å². The van der Waals surface area contributed by atoms with Crippen molar-refractivity contribution in [3.63, 3.8) is 0 Å². The van der Waals surface area contributed by atoms with Crippen molar-refractivity contribution < 1.29 is 29.6 Å². The minimum absolute atomic E-state index is 0.0311. The smallest absolute Gasteiger partial charge is 0.205 e. The summed E-state index contributed by atoms with van der Waals surface area (Å²) >= 11 is 0. The molecule has 38 heavy (non-hydrogen) atoms. The number of rotatable bonds is 6. The number of aliphatic hydroxyl groups excluding tert-OH is 1. The lowest BCUT2D eigenvalue weighted by atomic mass is 9.76. The molecule has 2 aliphatic rings. The summed E-state index contributed by atoms with van der Waals surface area (Å²) in [5.41, 5.74) is 0.0922. The Morgan fingerprint density at radius 1 is 1.08 bits per heavy atom. The van der Waals surface area contributed by atoms with E-state index in [0.717, 1.165) is 0 Å². The molecule has 3 heterocycles. The van der Waals surface area contributed by atoms with Crippen molar-refractivity contribution in [3.8, 4) is 29.3 Å². The zero-order chi connectivity index (χ0) is 26.8. The van der Waals surface area contributed by atoms with Crippen molar-refractivity contribution in [1.82, 2.24) is 4.57 Å². The van der Waals surface area contributed by atoms with E-state index in [2.05, 4.69) is 6.07 Å². The summed E-state index contributed by atoms with van der Waals surface area (Å²) in [7, 11) is 0. The molecule has 1 aromatic heterocycles. The number of aromatic nitrogens is 1. The van der Waals surface area contributed by atoms with Crippen molar-refractivity contribution in [3.05, 3.63) is 82.9 Å². The molecule has 0 saturated carbocycles. The van der Waals surface area contributed by atoms with Gasteiger partial charge in [0.05, 0.1) is 41.2 Å². The highest BCUT2D eigenvalue weighted by atomic mass is 16.6. The largest absolute Gasteiger partial charge is 0.494 e. The Morgan fingerprint density at radius 2 is 1.76 bits per heavy atom. The number of aliphatic hydroxyl groups is 1. The number of carbonyl (C=O) groups is 1. The van der Waals surface area contributed by atoms with Crippen LogP contribution in [0.25, 0.3) is 16.5 Å². The van der Waals surface area contributed by atoms with Gasteiger partial charge in [0, 0.05) is 29.2 Å². The predicted molar refractivity (Wildman–Crippen MR) is 139 cm³/mol. The van der Waals surface area contributed by atoms with Gasteiger partial charge in [-0.25, -0.2) is 0 Å². The van der Waals surface area contributed by atoms with Crippen LogP contribution in [0.1, 0.15) is 53.7 Å². The molecule has 2 aliphatic heterocycles. The molecule has 4 aromatic rings. The Labute approximate surface area is 218 Å². The van der Waals surface area contributed by atoms with Crippen molar-refractivity contribution >= 4 is 16.6 Å². The first-order valence-electron chi connectivity index (χ1n) is 12.4. The Hall–Kier alpha value is -4.32. The number of hydrogen-bond donors (Lipinski definition) is 3. The normalized spacial score (nSPS) is 23.4. The minimum Gasteiger partial charge on any atom is -0.494 e. The highest BCUT2D eigenvalue weighted by Crippen LogP contribution is 2.65. The van der Waals surface area contributed by atoms with E-state index in [0.29, 0.717) is 50.9 Å². The summed E-state index contributed by atoms with van der Waals surface area (Å²) in [4.78, 5) is 11.5. The van der Waals surface area contributed by atoms with E-state index in [4.69, 9.17) is 9.47 Å². The molecule has 1 unspecified atom stereocenters. The van der Waals surface area contributed by atoms with Gasteiger partial charge in [0.2, 0.25) is 11.8 Å². The molecule has 1 saturated heterocycles. The predicted octanol–water partition coefficient (Wildman–Crippen LogP) is 4.79. The molecule has 0 aliphatic carbocycles. The van der Waals surface area contributed by atoms with Crippen LogP contribution in [-0.2, 0) is 15.9 Å². The van der Waals surface area contributed by atoms with Crippen molar-refractivity contribution in [2.75, 3.05) is 6.61 Å². The molecular formula is C30H26N2O6. The van der Waals surface area contributed by atoms with Crippen LogP contribution in [0, 0.1) is 11.3 Å². The Kier molecular flexibility index (Phi) is 5.28. The summed E-state index contributed by atoms with van der Waals surface area (Å²) in [6.45, 7) is 3.43. The van der Waals surface area contributed by atoms with Gasteiger partial charge in [-0.05, 0) is 50.2 Å². The van der Waals surface area contributed by atoms with Crippen LogP contribution >= 0.6 is 0 Å². The molecule has 0 amide bonds. The summed E-state index contributed by atoms with van der Waals surface area (Å²) < 4.78 is 13.7. The van der Waals surface area contributed by atoms with E-state index < -0.39 is 17.3 Å². The molecule has 1 fully saturated rings. The maximum atomic E-state index is 11.6. The number of Topliss-reactive ketones (excluding diaryl/α,β-unsaturated/α-hetero) is 1. The zero-order valence-electron chi connectivity index (χ0n) is 20.9. The highest BCUT2D eigenvalue weighted by Gasteiger charge is 2.66. The number of nitriles is 1. The molecular weight excluding hydrogens is 484 g/mol. The summed E-state index contributed by atoms with van der Waals surface area (Å²) in [6, 6.07) is 19.7. The third-order valence-electron chi connectivity index (χ3n) is 7.94. The Bertz CT molecular complexity index is 1650. The summed E-state index contributed by atoms with van der Waals surface area (Å²) in [5.74, 6) is 0.168. The third-order valence-corrected chi connectivity index (χ3v) is 7.94. The molecule has 8 nitrogen and oxygen atoms in total. The first kappa shape index (κ1) is 24.0.